The molecule has 4 nitrogen and oxygen atoms in total. The molecule has 1 atom stereocenters. The molecule has 0 aliphatic carbocycles. The van der Waals surface area contributed by atoms with Crippen molar-refractivity contribution in [3.63, 3.8) is 0 Å². The number of hydrogen-bond donors (Lipinski definition) is 2. The molecule has 0 aromatic heterocycles. The van der Waals surface area contributed by atoms with Crippen molar-refractivity contribution in [2.75, 3.05) is 7.11 Å². The predicted octanol–water partition coefficient (Wildman–Crippen LogP) is 5.74. The molecule has 4 aromatic rings. The average molecular weight is 409 g/mol. The molecular formula is C27H23NO3. The Morgan fingerprint density at radius 3 is 2.52 bits per heavy atom. The molecule has 0 saturated carbocycles. The van der Waals surface area contributed by atoms with E-state index >= 15 is 0 Å². The third-order valence-electron chi connectivity index (χ3n) is 5.16. The highest BCUT2D eigenvalue weighted by molar-refractivity contribution is 5.96. The lowest BCUT2D eigenvalue weighted by Gasteiger charge is -2.19. The number of methoxy groups -OCH3 is 1. The molecule has 0 aliphatic rings. The molecular weight excluding hydrogens is 386 g/mol. The van der Waals surface area contributed by atoms with Crippen LogP contribution in [0.15, 0.2) is 97.1 Å². The summed E-state index contributed by atoms with van der Waals surface area (Å²) >= 11 is 0. The summed E-state index contributed by atoms with van der Waals surface area (Å²) in [5, 5.41) is 15.7. The minimum Gasteiger partial charge on any atom is -0.508 e. The second kappa shape index (κ2) is 9.18. The maximum absolute atomic E-state index is 13.1. The van der Waals surface area contributed by atoms with Gasteiger partial charge in [-0.05, 0) is 40.6 Å². The second-order valence-electron chi connectivity index (χ2n) is 7.17. The Hall–Kier alpha value is -4.05. The van der Waals surface area contributed by atoms with E-state index in [0.717, 1.165) is 16.3 Å². The normalized spacial score (nSPS) is 12.0. The molecule has 0 saturated heterocycles. The third kappa shape index (κ3) is 4.59. The van der Waals surface area contributed by atoms with Crippen molar-refractivity contribution < 1.29 is 14.6 Å². The average Bonchev–Trinajstić information content (AvgIpc) is 2.82. The van der Waals surface area contributed by atoms with Crippen LogP contribution in [0.25, 0.3) is 16.8 Å². The van der Waals surface area contributed by atoms with Gasteiger partial charge in [-0.15, -0.1) is 0 Å². The zero-order valence-corrected chi connectivity index (χ0v) is 17.2. The SMILES string of the molecule is COc1cccc(C(=O)NC(C=Cc2ccccc2)c2c(O)ccc3ccccc23)c1. The zero-order chi connectivity index (χ0) is 21.6. The van der Waals surface area contributed by atoms with Gasteiger partial charge in [0.05, 0.1) is 13.2 Å². The number of carbonyl (C=O) groups excluding carboxylic acids is 1. The minimum atomic E-state index is -0.537. The Kier molecular flexibility index (Phi) is 5.99. The van der Waals surface area contributed by atoms with Crippen molar-refractivity contribution in [1.29, 1.82) is 0 Å². The number of hydrogen-bond acceptors (Lipinski definition) is 3. The number of amides is 1. The van der Waals surface area contributed by atoms with Crippen LogP contribution in [-0.2, 0) is 0 Å². The Morgan fingerprint density at radius 1 is 0.935 bits per heavy atom. The van der Waals surface area contributed by atoms with Crippen LogP contribution in [0, 0.1) is 0 Å². The molecule has 2 N–H and O–H groups in total. The van der Waals surface area contributed by atoms with Crippen LogP contribution in [-0.4, -0.2) is 18.1 Å². The van der Waals surface area contributed by atoms with Crippen molar-refractivity contribution in [2.24, 2.45) is 0 Å². The number of ether oxygens (including phenoxy) is 1. The molecule has 1 unspecified atom stereocenters. The van der Waals surface area contributed by atoms with Gasteiger partial charge in [-0.25, -0.2) is 0 Å². The number of benzene rings is 4. The number of fused-ring (bicyclic) bond motifs is 1. The number of phenols is 1. The van der Waals surface area contributed by atoms with E-state index < -0.39 is 6.04 Å². The zero-order valence-electron chi connectivity index (χ0n) is 17.2. The summed E-state index contributed by atoms with van der Waals surface area (Å²) in [6.07, 6.45) is 3.84. The summed E-state index contributed by atoms with van der Waals surface area (Å²) in [5.74, 6) is 0.485. The summed E-state index contributed by atoms with van der Waals surface area (Å²) in [5.41, 5.74) is 2.14. The topological polar surface area (TPSA) is 58.6 Å². The van der Waals surface area contributed by atoms with Crippen LogP contribution in [0.3, 0.4) is 0 Å². The molecule has 0 aliphatic heterocycles. The molecule has 0 bridgehead atoms. The van der Waals surface area contributed by atoms with Gasteiger partial charge in [0.15, 0.2) is 0 Å². The minimum absolute atomic E-state index is 0.132. The first kappa shape index (κ1) is 20.2. The predicted molar refractivity (Wildman–Crippen MR) is 124 cm³/mol. The van der Waals surface area contributed by atoms with Crippen molar-refractivity contribution in [2.45, 2.75) is 6.04 Å². The molecule has 4 rings (SSSR count). The summed E-state index contributed by atoms with van der Waals surface area (Å²) in [7, 11) is 1.57. The Morgan fingerprint density at radius 2 is 1.71 bits per heavy atom. The van der Waals surface area contributed by atoms with Crippen LogP contribution < -0.4 is 10.1 Å². The maximum Gasteiger partial charge on any atom is 0.252 e. The molecule has 1 amide bonds. The fourth-order valence-electron chi connectivity index (χ4n) is 3.59. The van der Waals surface area contributed by atoms with Gasteiger partial charge < -0.3 is 15.2 Å². The van der Waals surface area contributed by atoms with Gasteiger partial charge in [0.2, 0.25) is 0 Å². The number of aromatic hydroxyl groups is 1. The summed E-state index contributed by atoms with van der Waals surface area (Å²) < 4.78 is 5.24. The van der Waals surface area contributed by atoms with Crippen LogP contribution in [0.2, 0.25) is 0 Å². The van der Waals surface area contributed by atoms with Crippen LogP contribution in [0.4, 0.5) is 0 Å². The highest BCUT2D eigenvalue weighted by atomic mass is 16.5. The Labute approximate surface area is 181 Å². The number of phenolic OH excluding ortho intramolecular Hbond substituents is 1. The fourth-order valence-corrected chi connectivity index (χ4v) is 3.59. The van der Waals surface area contributed by atoms with E-state index in [2.05, 4.69) is 5.32 Å². The van der Waals surface area contributed by atoms with Crippen molar-refractivity contribution in [3.8, 4) is 11.5 Å². The second-order valence-corrected chi connectivity index (χ2v) is 7.17. The van der Waals surface area contributed by atoms with E-state index in [1.807, 2.05) is 72.8 Å². The van der Waals surface area contributed by atoms with Gasteiger partial charge in [0, 0.05) is 11.1 Å². The van der Waals surface area contributed by atoms with Crippen LogP contribution >= 0.6 is 0 Å². The smallest absolute Gasteiger partial charge is 0.252 e. The summed E-state index contributed by atoms with van der Waals surface area (Å²) in [6, 6.07) is 27.6. The first-order valence-electron chi connectivity index (χ1n) is 10.0. The van der Waals surface area contributed by atoms with Gasteiger partial charge in [-0.3, -0.25) is 4.79 Å². The highest BCUT2D eigenvalue weighted by Crippen LogP contribution is 2.33. The third-order valence-corrected chi connectivity index (χ3v) is 5.16. The highest BCUT2D eigenvalue weighted by Gasteiger charge is 2.19. The first-order valence-corrected chi connectivity index (χ1v) is 10.0. The van der Waals surface area contributed by atoms with E-state index in [4.69, 9.17) is 4.74 Å². The van der Waals surface area contributed by atoms with Gasteiger partial charge >= 0.3 is 0 Å². The van der Waals surface area contributed by atoms with Crippen molar-refractivity contribution in [3.05, 3.63) is 114 Å². The molecule has 0 heterocycles. The number of rotatable bonds is 6. The van der Waals surface area contributed by atoms with Crippen LogP contribution in [0.5, 0.6) is 11.5 Å². The van der Waals surface area contributed by atoms with Crippen LogP contribution in [0.1, 0.15) is 27.5 Å². The van der Waals surface area contributed by atoms with Gasteiger partial charge in [0.25, 0.3) is 5.91 Å². The molecule has 0 spiro atoms. The number of carbonyl (C=O) groups is 1. The largest absolute Gasteiger partial charge is 0.508 e. The molecule has 0 radical (unpaired) electrons. The fraction of sp³-hybridized carbons (Fsp3) is 0.0741. The van der Waals surface area contributed by atoms with Crippen molar-refractivity contribution in [1.82, 2.24) is 5.32 Å². The number of nitrogens with one attached hydrogen (secondary N) is 1. The van der Waals surface area contributed by atoms with Gasteiger partial charge in [-0.1, -0.05) is 78.9 Å². The van der Waals surface area contributed by atoms with E-state index in [1.165, 1.54) is 0 Å². The Bertz CT molecular complexity index is 1230. The van der Waals surface area contributed by atoms with E-state index in [9.17, 15) is 9.90 Å². The van der Waals surface area contributed by atoms with Gasteiger partial charge in [0.1, 0.15) is 11.5 Å². The Balaban J connectivity index is 1.76. The monoisotopic (exact) mass is 409 g/mol. The maximum atomic E-state index is 13.1. The van der Waals surface area contributed by atoms with E-state index in [-0.39, 0.29) is 11.7 Å². The summed E-state index contributed by atoms with van der Waals surface area (Å²) in [4.78, 5) is 13.1. The quantitative estimate of drug-likeness (QED) is 0.427. The van der Waals surface area contributed by atoms with Crippen molar-refractivity contribution >= 4 is 22.8 Å². The van der Waals surface area contributed by atoms with E-state index in [1.54, 1.807) is 37.4 Å². The molecule has 154 valence electrons. The molecule has 0 fully saturated rings. The van der Waals surface area contributed by atoms with Gasteiger partial charge in [-0.2, -0.15) is 0 Å². The lowest BCUT2D eigenvalue weighted by molar-refractivity contribution is 0.0944. The summed E-state index contributed by atoms with van der Waals surface area (Å²) in [6.45, 7) is 0. The van der Waals surface area contributed by atoms with E-state index in [0.29, 0.717) is 16.9 Å². The molecule has 4 heteroatoms. The lowest BCUT2D eigenvalue weighted by atomic mass is 9.96. The molecule has 31 heavy (non-hydrogen) atoms. The first-order chi connectivity index (χ1) is 15.2. The standard InChI is InChI=1S/C27H23NO3/c1-31-22-12-7-11-21(18-22)27(30)28-24(16-14-19-8-3-2-4-9-19)26-23-13-6-5-10-20(23)15-17-25(26)29/h2-18,24,29H,1H3,(H,28,30). The lowest BCUT2D eigenvalue weighted by Crippen LogP contribution is -2.27. The molecule has 4 aromatic carbocycles.